The highest BCUT2D eigenvalue weighted by Gasteiger charge is 2.27. The maximum absolute atomic E-state index is 12.7. The molecule has 7 heteroatoms. The van der Waals surface area contributed by atoms with Crippen LogP contribution in [-0.4, -0.2) is 68.7 Å². The second-order valence-corrected chi connectivity index (χ2v) is 8.03. The number of likely N-dealkylation sites (tertiary alicyclic amines) is 1. The fourth-order valence-electron chi connectivity index (χ4n) is 4.40. The van der Waals surface area contributed by atoms with E-state index in [1.165, 1.54) is 12.8 Å². The van der Waals surface area contributed by atoms with Crippen LogP contribution < -0.4 is 0 Å². The fourth-order valence-corrected chi connectivity index (χ4v) is 4.40. The van der Waals surface area contributed by atoms with Crippen LogP contribution in [0.15, 0.2) is 24.4 Å². The quantitative estimate of drug-likeness (QED) is 0.790. The van der Waals surface area contributed by atoms with Crippen molar-refractivity contribution in [2.75, 3.05) is 33.2 Å². The molecule has 0 radical (unpaired) electrons. The maximum Gasteiger partial charge on any atom is 0.222 e. The topological polar surface area (TPSA) is 67.2 Å². The zero-order valence-corrected chi connectivity index (χ0v) is 16.8. The van der Waals surface area contributed by atoms with Gasteiger partial charge in [-0.2, -0.15) is 0 Å². The number of carbonyl (C=O) groups is 1. The van der Waals surface area contributed by atoms with Crippen LogP contribution in [0.1, 0.15) is 48.9 Å². The van der Waals surface area contributed by atoms with Crippen LogP contribution >= 0.6 is 0 Å². The van der Waals surface area contributed by atoms with Crippen LogP contribution in [0.4, 0.5) is 0 Å². The van der Waals surface area contributed by atoms with Crippen LogP contribution in [0.2, 0.25) is 0 Å². The van der Waals surface area contributed by atoms with E-state index in [-0.39, 0.29) is 5.91 Å². The maximum atomic E-state index is 12.7. The van der Waals surface area contributed by atoms with E-state index in [2.05, 4.69) is 31.7 Å². The summed E-state index contributed by atoms with van der Waals surface area (Å²) in [6.07, 6.45) is 7.27. The number of fused-ring (bicyclic) bond motifs is 1. The van der Waals surface area contributed by atoms with E-state index in [9.17, 15) is 4.79 Å². The van der Waals surface area contributed by atoms with E-state index in [0.717, 1.165) is 69.3 Å². The van der Waals surface area contributed by atoms with Gasteiger partial charge in [0.05, 0.1) is 0 Å². The molecule has 28 heavy (non-hydrogen) atoms. The van der Waals surface area contributed by atoms with Crippen molar-refractivity contribution in [3.05, 3.63) is 41.7 Å². The van der Waals surface area contributed by atoms with Crippen molar-refractivity contribution in [3.8, 4) is 0 Å². The van der Waals surface area contributed by atoms with Crippen molar-refractivity contribution in [1.82, 2.24) is 29.5 Å². The summed E-state index contributed by atoms with van der Waals surface area (Å²) in [5, 5.41) is 8.99. The molecule has 0 N–H and O–H groups in total. The van der Waals surface area contributed by atoms with Crippen LogP contribution in [0.5, 0.6) is 0 Å². The molecule has 1 unspecified atom stereocenters. The van der Waals surface area contributed by atoms with Gasteiger partial charge >= 0.3 is 0 Å². The molecule has 150 valence electrons. The van der Waals surface area contributed by atoms with Gasteiger partial charge in [-0.05, 0) is 51.4 Å². The Kier molecular flexibility index (Phi) is 6.00. The van der Waals surface area contributed by atoms with E-state index in [1.807, 2.05) is 29.3 Å². The van der Waals surface area contributed by atoms with E-state index in [1.54, 1.807) is 0 Å². The lowest BCUT2D eigenvalue weighted by Gasteiger charge is -2.29. The number of likely N-dealkylation sites (N-methyl/N-ethyl adjacent to an activating group) is 1. The Morgan fingerprint density at radius 2 is 2.11 bits per heavy atom. The standard InChI is InChI=1S/C21H30N6O/c1-25-12-5-6-17(16-25)21-24-23-19-10-13-26(14-15-27(19)21)20(28)9-4-8-18-7-2-3-11-22-18/h2-3,7,11,17H,4-6,8-10,12-16H2,1H3. The van der Waals surface area contributed by atoms with Crippen molar-refractivity contribution in [3.63, 3.8) is 0 Å². The SMILES string of the molecule is CN1CCCC(c2nnc3n2CCN(C(=O)CCCc2ccccn2)CC3)C1. The number of hydrogen-bond acceptors (Lipinski definition) is 5. The first-order chi connectivity index (χ1) is 13.7. The predicted molar refractivity (Wildman–Crippen MR) is 107 cm³/mol. The number of carbonyl (C=O) groups excluding carboxylic acids is 1. The first kappa shape index (κ1) is 19.1. The molecule has 1 amide bonds. The summed E-state index contributed by atoms with van der Waals surface area (Å²) in [6.45, 7) is 4.52. The molecule has 0 saturated carbocycles. The van der Waals surface area contributed by atoms with Gasteiger partial charge in [-0.15, -0.1) is 10.2 Å². The Morgan fingerprint density at radius 3 is 2.93 bits per heavy atom. The molecule has 0 bridgehead atoms. The smallest absolute Gasteiger partial charge is 0.222 e. The Bertz CT molecular complexity index is 789. The monoisotopic (exact) mass is 382 g/mol. The van der Waals surface area contributed by atoms with E-state index < -0.39 is 0 Å². The van der Waals surface area contributed by atoms with Crippen LogP contribution in [0, 0.1) is 0 Å². The zero-order chi connectivity index (χ0) is 19.3. The molecule has 2 aliphatic rings. The van der Waals surface area contributed by atoms with Gasteiger partial charge in [0.1, 0.15) is 11.6 Å². The lowest BCUT2D eigenvalue weighted by atomic mass is 9.97. The van der Waals surface area contributed by atoms with Gasteiger partial charge in [-0.3, -0.25) is 9.78 Å². The highest BCUT2D eigenvalue weighted by atomic mass is 16.2. The highest BCUT2D eigenvalue weighted by Crippen LogP contribution is 2.26. The molecule has 0 aliphatic carbocycles. The van der Waals surface area contributed by atoms with Crippen molar-refractivity contribution < 1.29 is 4.79 Å². The largest absolute Gasteiger partial charge is 0.340 e. The third-order valence-corrected chi connectivity index (χ3v) is 5.95. The number of hydrogen-bond donors (Lipinski definition) is 0. The third kappa shape index (κ3) is 4.41. The molecule has 1 fully saturated rings. The predicted octanol–water partition coefficient (Wildman–Crippen LogP) is 1.89. The molecule has 2 aromatic rings. The number of pyridine rings is 1. The minimum atomic E-state index is 0.244. The normalized spacial score (nSPS) is 20.6. The first-order valence-corrected chi connectivity index (χ1v) is 10.5. The lowest BCUT2D eigenvalue weighted by molar-refractivity contribution is -0.131. The molecule has 2 aliphatic heterocycles. The van der Waals surface area contributed by atoms with Gasteiger partial charge in [0.15, 0.2) is 0 Å². The second-order valence-electron chi connectivity index (χ2n) is 8.03. The summed E-state index contributed by atoms with van der Waals surface area (Å²) >= 11 is 0. The molecule has 4 heterocycles. The third-order valence-electron chi connectivity index (χ3n) is 5.95. The minimum Gasteiger partial charge on any atom is -0.340 e. The Morgan fingerprint density at radius 1 is 1.18 bits per heavy atom. The summed E-state index contributed by atoms with van der Waals surface area (Å²) in [4.78, 5) is 21.4. The molecule has 1 saturated heterocycles. The van der Waals surface area contributed by atoms with Gasteiger partial charge < -0.3 is 14.4 Å². The van der Waals surface area contributed by atoms with E-state index in [4.69, 9.17) is 0 Å². The molecular formula is C21H30N6O. The van der Waals surface area contributed by atoms with Gasteiger partial charge in [-0.25, -0.2) is 0 Å². The Balaban J connectivity index is 1.32. The number of nitrogens with zero attached hydrogens (tertiary/aromatic N) is 6. The summed E-state index contributed by atoms with van der Waals surface area (Å²) in [6, 6.07) is 5.94. The van der Waals surface area contributed by atoms with Crippen LogP contribution in [0.25, 0.3) is 0 Å². The molecule has 4 rings (SSSR count). The Hall–Kier alpha value is -2.28. The van der Waals surface area contributed by atoms with Crippen LogP contribution in [0.3, 0.4) is 0 Å². The minimum absolute atomic E-state index is 0.244. The van der Waals surface area contributed by atoms with Crippen molar-refractivity contribution >= 4 is 5.91 Å². The average molecular weight is 383 g/mol. The number of aromatic nitrogens is 4. The molecule has 0 aromatic carbocycles. The molecule has 1 atom stereocenters. The molecule has 7 nitrogen and oxygen atoms in total. The summed E-state index contributed by atoms with van der Waals surface area (Å²) in [5.41, 5.74) is 1.06. The molecule has 0 spiro atoms. The van der Waals surface area contributed by atoms with Crippen molar-refractivity contribution in [1.29, 1.82) is 0 Å². The average Bonchev–Trinajstić information content (AvgIpc) is 3.00. The van der Waals surface area contributed by atoms with Crippen molar-refractivity contribution in [2.45, 2.75) is 51.0 Å². The zero-order valence-electron chi connectivity index (χ0n) is 16.8. The van der Waals surface area contributed by atoms with Crippen LogP contribution in [-0.2, 0) is 24.2 Å². The number of piperidine rings is 1. The van der Waals surface area contributed by atoms with Gasteiger partial charge in [0, 0.05) is 56.8 Å². The highest BCUT2D eigenvalue weighted by molar-refractivity contribution is 5.76. The number of rotatable bonds is 5. The van der Waals surface area contributed by atoms with E-state index >= 15 is 0 Å². The van der Waals surface area contributed by atoms with Gasteiger partial charge in [-0.1, -0.05) is 6.07 Å². The Labute approximate surface area is 166 Å². The summed E-state index contributed by atoms with van der Waals surface area (Å²) in [5.74, 6) is 2.85. The lowest BCUT2D eigenvalue weighted by Crippen LogP contribution is -2.34. The van der Waals surface area contributed by atoms with Gasteiger partial charge in [0.25, 0.3) is 0 Å². The fraction of sp³-hybridized carbons (Fsp3) is 0.619. The second kappa shape index (κ2) is 8.82. The van der Waals surface area contributed by atoms with E-state index in [0.29, 0.717) is 12.3 Å². The summed E-state index contributed by atoms with van der Waals surface area (Å²) in [7, 11) is 2.18. The number of aryl methyl sites for hydroxylation is 1. The summed E-state index contributed by atoms with van der Waals surface area (Å²) < 4.78 is 2.28. The van der Waals surface area contributed by atoms with Crippen molar-refractivity contribution in [2.24, 2.45) is 0 Å². The first-order valence-electron chi connectivity index (χ1n) is 10.5. The molecular weight excluding hydrogens is 352 g/mol. The number of amides is 1. The molecule has 2 aromatic heterocycles. The van der Waals surface area contributed by atoms with Gasteiger partial charge in [0.2, 0.25) is 5.91 Å².